The van der Waals surface area contributed by atoms with Gasteiger partial charge < -0.3 is 9.88 Å². The van der Waals surface area contributed by atoms with Gasteiger partial charge in [-0.2, -0.15) is 0 Å². The van der Waals surface area contributed by atoms with Crippen LogP contribution in [0.4, 0.5) is 4.39 Å². The molecule has 0 fully saturated rings. The number of aromatic nitrogens is 3. The Labute approximate surface area is 149 Å². The van der Waals surface area contributed by atoms with Crippen LogP contribution < -0.4 is 5.32 Å². The van der Waals surface area contributed by atoms with E-state index in [9.17, 15) is 9.18 Å². The Kier molecular flexibility index (Phi) is 5.45. The fourth-order valence-electron chi connectivity index (χ4n) is 2.26. The lowest BCUT2D eigenvalue weighted by Gasteiger charge is -2.06. The Morgan fingerprint density at radius 3 is 2.56 bits per heavy atom. The maximum absolute atomic E-state index is 12.9. The second kappa shape index (κ2) is 7.94. The Morgan fingerprint density at radius 1 is 1.12 bits per heavy atom. The number of amides is 1. The van der Waals surface area contributed by atoms with E-state index in [1.165, 1.54) is 23.9 Å². The molecular formula is C18H17FN4OS. The topological polar surface area (TPSA) is 59.8 Å². The van der Waals surface area contributed by atoms with E-state index in [-0.39, 0.29) is 17.5 Å². The first-order valence-electron chi connectivity index (χ1n) is 7.72. The molecule has 2 aromatic carbocycles. The number of thioether (sulfide) groups is 1. The molecule has 1 amide bonds. The monoisotopic (exact) mass is 356 g/mol. The predicted octanol–water partition coefficient (Wildman–Crippen LogP) is 3.03. The van der Waals surface area contributed by atoms with Crippen molar-refractivity contribution in [2.75, 3.05) is 5.75 Å². The average Bonchev–Trinajstić information content (AvgIpc) is 3.01. The summed E-state index contributed by atoms with van der Waals surface area (Å²) in [6, 6.07) is 15.8. The van der Waals surface area contributed by atoms with Crippen molar-refractivity contribution in [3.8, 4) is 11.4 Å². The van der Waals surface area contributed by atoms with Crippen LogP contribution in [-0.4, -0.2) is 26.4 Å². The maximum Gasteiger partial charge on any atom is 0.230 e. The number of hydrogen-bond donors (Lipinski definition) is 1. The number of nitrogens with zero attached hydrogens (tertiary/aromatic N) is 3. The molecule has 1 aromatic heterocycles. The molecule has 1 heterocycles. The van der Waals surface area contributed by atoms with E-state index in [0.29, 0.717) is 11.7 Å². The van der Waals surface area contributed by atoms with Crippen LogP contribution in [0.25, 0.3) is 11.4 Å². The lowest BCUT2D eigenvalue weighted by atomic mass is 10.2. The van der Waals surface area contributed by atoms with E-state index < -0.39 is 0 Å². The molecule has 0 aliphatic carbocycles. The molecule has 0 spiro atoms. The van der Waals surface area contributed by atoms with Gasteiger partial charge in [0.1, 0.15) is 5.82 Å². The molecule has 25 heavy (non-hydrogen) atoms. The molecule has 0 atom stereocenters. The second-order valence-corrected chi connectivity index (χ2v) is 6.37. The van der Waals surface area contributed by atoms with E-state index in [4.69, 9.17) is 0 Å². The van der Waals surface area contributed by atoms with Crippen LogP contribution in [0.2, 0.25) is 0 Å². The lowest BCUT2D eigenvalue weighted by Crippen LogP contribution is -2.24. The first-order chi connectivity index (χ1) is 12.1. The third-order valence-electron chi connectivity index (χ3n) is 3.60. The largest absolute Gasteiger partial charge is 0.351 e. The SMILES string of the molecule is Cn1c(SCC(=O)NCc2ccc(F)cc2)nnc1-c1ccccc1. The van der Waals surface area contributed by atoms with Crippen LogP contribution in [-0.2, 0) is 18.4 Å². The summed E-state index contributed by atoms with van der Waals surface area (Å²) >= 11 is 1.33. The summed E-state index contributed by atoms with van der Waals surface area (Å²) in [7, 11) is 1.88. The molecule has 0 saturated carbocycles. The smallest absolute Gasteiger partial charge is 0.230 e. The highest BCUT2D eigenvalue weighted by Crippen LogP contribution is 2.22. The fourth-order valence-corrected chi connectivity index (χ4v) is 3.00. The molecule has 3 rings (SSSR count). The van der Waals surface area contributed by atoms with Gasteiger partial charge in [0.25, 0.3) is 0 Å². The van der Waals surface area contributed by atoms with Gasteiger partial charge in [-0.15, -0.1) is 10.2 Å². The Balaban J connectivity index is 1.54. The summed E-state index contributed by atoms with van der Waals surface area (Å²) in [4.78, 5) is 12.0. The summed E-state index contributed by atoms with van der Waals surface area (Å²) in [5, 5.41) is 11.8. The van der Waals surface area contributed by atoms with Crippen molar-refractivity contribution in [2.24, 2.45) is 7.05 Å². The normalized spacial score (nSPS) is 10.6. The van der Waals surface area contributed by atoms with Gasteiger partial charge in [0.15, 0.2) is 11.0 Å². The zero-order chi connectivity index (χ0) is 17.6. The van der Waals surface area contributed by atoms with E-state index in [0.717, 1.165) is 17.0 Å². The van der Waals surface area contributed by atoms with Crippen LogP contribution in [0.15, 0.2) is 59.8 Å². The molecule has 7 heteroatoms. The standard InChI is InChI=1S/C18H17FN4OS/c1-23-17(14-5-3-2-4-6-14)21-22-18(23)25-12-16(24)20-11-13-7-9-15(19)10-8-13/h2-10H,11-12H2,1H3,(H,20,24). The fraction of sp³-hybridized carbons (Fsp3) is 0.167. The van der Waals surface area contributed by atoms with E-state index >= 15 is 0 Å². The molecule has 5 nitrogen and oxygen atoms in total. The maximum atomic E-state index is 12.9. The quantitative estimate of drug-likeness (QED) is 0.690. The second-order valence-electron chi connectivity index (χ2n) is 5.42. The molecule has 1 N–H and O–H groups in total. The Bertz CT molecular complexity index is 849. The minimum atomic E-state index is -0.290. The van der Waals surface area contributed by atoms with E-state index in [1.807, 2.05) is 41.9 Å². The van der Waals surface area contributed by atoms with Crippen molar-refractivity contribution in [3.05, 3.63) is 66.0 Å². The van der Waals surface area contributed by atoms with Gasteiger partial charge in [0, 0.05) is 19.2 Å². The van der Waals surface area contributed by atoms with Crippen molar-refractivity contribution in [1.82, 2.24) is 20.1 Å². The number of nitrogens with one attached hydrogen (secondary N) is 1. The zero-order valence-corrected chi connectivity index (χ0v) is 14.5. The minimum absolute atomic E-state index is 0.112. The van der Waals surface area contributed by atoms with Gasteiger partial charge in [-0.3, -0.25) is 4.79 Å². The van der Waals surface area contributed by atoms with Crippen LogP contribution in [0.5, 0.6) is 0 Å². The molecule has 0 aliphatic heterocycles. The van der Waals surface area contributed by atoms with Crippen LogP contribution in [0.1, 0.15) is 5.56 Å². The number of benzene rings is 2. The van der Waals surface area contributed by atoms with Gasteiger partial charge in [-0.25, -0.2) is 4.39 Å². The number of hydrogen-bond acceptors (Lipinski definition) is 4. The van der Waals surface area contributed by atoms with Crippen molar-refractivity contribution in [2.45, 2.75) is 11.7 Å². The highest BCUT2D eigenvalue weighted by Gasteiger charge is 2.12. The van der Waals surface area contributed by atoms with E-state index in [1.54, 1.807) is 12.1 Å². The number of carbonyl (C=O) groups excluding carboxylic acids is 1. The molecule has 128 valence electrons. The number of halogens is 1. The molecule has 0 radical (unpaired) electrons. The summed E-state index contributed by atoms with van der Waals surface area (Å²) < 4.78 is 14.7. The van der Waals surface area contributed by atoms with Crippen molar-refractivity contribution >= 4 is 17.7 Å². The Morgan fingerprint density at radius 2 is 1.84 bits per heavy atom. The molecular weight excluding hydrogens is 339 g/mol. The van der Waals surface area contributed by atoms with Crippen molar-refractivity contribution in [3.63, 3.8) is 0 Å². The first-order valence-corrected chi connectivity index (χ1v) is 8.71. The molecule has 0 saturated heterocycles. The van der Waals surface area contributed by atoms with Gasteiger partial charge in [0.2, 0.25) is 5.91 Å². The summed E-state index contributed by atoms with van der Waals surface area (Å²) in [6.07, 6.45) is 0. The predicted molar refractivity (Wildman–Crippen MR) is 95.4 cm³/mol. The van der Waals surface area contributed by atoms with Crippen LogP contribution >= 0.6 is 11.8 Å². The number of carbonyl (C=O) groups is 1. The summed E-state index contributed by atoms with van der Waals surface area (Å²) in [5.41, 5.74) is 1.83. The van der Waals surface area contributed by atoms with Gasteiger partial charge in [-0.1, -0.05) is 54.2 Å². The molecule has 0 aliphatic rings. The lowest BCUT2D eigenvalue weighted by molar-refractivity contribution is -0.118. The minimum Gasteiger partial charge on any atom is -0.351 e. The van der Waals surface area contributed by atoms with Crippen molar-refractivity contribution < 1.29 is 9.18 Å². The van der Waals surface area contributed by atoms with Gasteiger partial charge in [-0.05, 0) is 17.7 Å². The van der Waals surface area contributed by atoms with Crippen LogP contribution in [0, 0.1) is 5.82 Å². The van der Waals surface area contributed by atoms with Crippen LogP contribution in [0.3, 0.4) is 0 Å². The summed E-state index contributed by atoms with van der Waals surface area (Å²) in [6.45, 7) is 0.369. The highest BCUT2D eigenvalue weighted by molar-refractivity contribution is 7.99. The third kappa shape index (κ3) is 4.45. The average molecular weight is 356 g/mol. The zero-order valence-electron chi connectivity index (χ0n) is 13.6. The first kappa shape index (κ1) is 17.2. The molecule has 0 bridgehead atoms. The molecule has 0 unspecified atom stereocenters. The van der Waals surface area contributed by atoms with E-state index in [2.05, 4.69) is 15.5 Å². The van der Waals surface area contributed by atoms with Gasteiger partial charge >= 0.3 is 0 Å². The Hall–Kier alpha value is -2.67. The molecule has 3 aromatic rings. The third-order valence-corrected chi connectivity index (χ3v) is 4.62. The van der Waals surface area contributed by atoms with Gasteiger partial charge in [0.05, 0.1) is 5.75 Å². The highest BCUT2D eigenvalue weighted by atomic mass is 32.2. The number of rotatable bonds is 6. The van der Waals surface area contributed by atoms with Crippen molar-refractivity contribution in [1.29, 1.82) is 0 Å². The summed E-state index contributed by atoms with van der Waals surface area (Å²) in [5.74, 6) is 0.595.